The topological polar surface area (TPSA) is 20.2 Å². The minimum absolute atomic E-state index is 0.188. The van der Waals surface area contributed by atoms with Crippen LogP contribution in [0.2, 0.25) is 0 Å². The molecule has 0 saturated heterocycles. The lowest BCUT2D eigenvalue weighted by Gasteiger charge is -2.17. The number of benzene rings is 1. The molecule has 2 atom stereocenters. The first-order valence-corrected chi connectivity index (χ1v) is 5.17. The number of halogens is 1. The molecule has 0 spiro atoms. The Bertz CT molecular complexity index is 294. The van der Waals surface area contributed by atoms with Crippen LogP contribution in [0.15, 0.2) is 24.3 Å². The monoisotopic (exact) mass is 194 g/mol. The highest BCUT2D eigenvalue weighted by molar-refractivity contribution is 5.22. The number of aliphatic hydroxyl groups excluding tert-OH is 1. The molecule has 1 N–H and O–H groups in total. The van der Waals surface area contributed by atoms with Gasteiger partial charge >= 0.3 is 0 Å². The normalized spacial score (nSPS) is 26.7. The van der Waals surface area contributed by atoms with Crippen LogP contribution < -0.4 is 0 Å². The summed E-state index contributed by atoms with van der Waals surface area (Å²) in [5.74, 6) is 0.619. The minimum Gasteiger partial charge on any atom is -0.396 e. The molecule has 1 aliphatic rings. The Balaban J connectivity index is 2.17. The van der Waals surface area contributed by atoms with Crippen molar-refractivity contribution >= 4 is 0 Å². The fourth-order valence-corrected chi connectivity index (χ4v) is 2.40. The van der Waals surface area contributed by atoms with E-state index in [2.05, 4.69) is 0 Å². The predicted molar refractivity (Wildman–Crippen MR) is 53.6 cm³/mol. The van der Waals surface area contributed by atoms with Crippen molar-refractivity contribution in [3.8, 4) is 0 Å². The Morgan fingerprint density at radius 2 is 1.93 bits per heavy atom. The summed E-state index contributed by atoms with van der Waals surface area (Å²) in [5, 5.41) is 9.18. The lowest BCUT2D eigenvalue weighted by molar-refractivity contribution is 0.217. The fraction of sp³-hybridized carbons (Fsp3) is 0.500. The van der Waals surface area contributed by atoms with Crippen molar-refractivity contribution in [2.45, 2.75) is 25.2 Å². The smallest absolute Gasteiger partial charge is 0.123 e. The molecule has 0 aliphatic heterocycles. The van der Waals surface area contributed by atoms with Crippen LogP contribution in [0, 0.1) is 11.7 Å². The second-order valence-corrected chi connectivity index (χ2v) is 4.03. The SMILES string of the molecule is OCC1CCCC1c1ccc(F)cc1. The summed E-state index contributed by atoms with van der Waals surface area (Å²) in [6.07, 6.45) is 3.39. The van der Waals surface area contributed by atoms with Crippen LogP contribution in [0.1, 0.15) is 30.7 Å². The van der Waals surface area contributed by atoms with Gasteiger partial charge in [-0.2, -0.15) is 0 Å². The lowest BCUT2D eigenvalue weighted by atomic mass is 9.89. The average Bonchev–Trinajstić information content (AvgIpc) is 2.67. The Labute approximate surface area is 83.6 Å². The van der Waals surface area contributed by atoms with Crippen LogP contribution in [0.3, 0.4) is 0 Å². The largest absolute Gasteiger partial charge is 0.396 e. The van der Waals surface area contributed by atoms with Crippen LogP contribution in [-0.2, 0) is 0 Å². The van der Waals surface area contributed by atoms with E-state index < -0.39 is 0 Å². The summed E-state index contributed by atoms with van der Waals surface area (Å²) in [4.78, 5) is 0. The zero-order chi connectivity index (χ0) is 9.97. The molecule has 2 heteroatoms. The third-order valence-electron chi connectivity index (χ3n) is 3.19. The van der Waals surface area contributed by atoms with Gasteiger partial charge in [-0.3, -0.25) is 0 Å². The van der Waals surface area contributed by atoms with Crippen LogP contribution in [0.4, 0.5) is 4.39 Å². The quantitative estimate of drug-likeness (QED) is 0.767. The molecule has 2 rings (SSSR count). The van der Waals surface area contributed by atoms with E-state index in [0.29, 0.717) is 11.8 Å². The Morgan fingerprint density at radius 1 is 1.21 bits per heavy atom. The predicted octanol–water partition coefficient (Wildman–Crippen LogP) is 2.70. The zero-order valence-corrected chi connectivity index (χ0v) is 8.12. The Morgan fingerprint density at radius 3 is 2.57 bits per heavy atom. The second-order valence-electron chi connectivity index (χ2n) is 4.03. The molecule has 0 amide bonds. The van der Waals surface area contributed by atoms with Gasteiger partial charge in [-0.25, -0.2) is 4.39 Å². The molecule has 0 bridgehead atoms. The molecule has 14 heavy (non-hydrogen) atoms. The lowest BCUT2D eigenvalue weighted by Crippen LogP contribution is -2.10. The van der Waals surface area contributed by atoms with E-state index in [9.17, 15) is 9.50 Å². The maximum Gasteiger partial charge on any atom is 0.123 e. The molecule has 0 heterocycles. The summed E-state index contributed by atoms with van der Waals surface area (Å²) < 4.78 is 12.7. The van der Waals surface area contributed by atoms with Gasteiger partial charge in [0.05, 0.1) is 0 Å². The summed E-state index contributed by atoms with van der Waals surface area (Å²) in [7, 11) is 0. The van der Waals surface area contributed by atoms with Crippen LogP contribution >= 0.6 is 0 Å². The van der Waals surface area contributed by atoms with Crippen molar-refractivity contribution in [3.05, 3.63) is 35.6 Å². The summed E-state index contributed by atoms with van der Waals surface area (Å²) in [6, 6.07) is 6.69. The second kappa shape index (κ2) is 4.09. The molecule has 1 aliphatic carbocycles. The van der Waals surface area contributed by atoms with Gasteiger partial charge in [-0.15, -0.1) is 0 Å². The van der Waals surface area contributed by atoms with E-state index in [0.717, 1.165) is 12.8 Å². The Kier molecular flexibility index (Phi) is 2.82. The van der Waals surface area contributed by atoms with Crippen LogP contribution in [-0.4, -0.2) is 11.7 Å². The molecule has 1 fully saturated rings. The maximum atomic E-state index is 12.7. The third-order valence-corrected chi connectivity index (χ3v) is 3.19. The van der Waals surface area contributed by atoms with E-state index in [1.165, 1.54) is 24.1 Å². The van der Waals surface area contributed by atoms with Crippen LogP contribution in [0.5, 0.6) is 0 Å². The van der Waals surface area contributed by atoms with Crippen molar-refractivity contribution in [2.75, 3.05) is 6.61 Å². The highest BCUT2D eigenvalue weighted by Gasteiger charge is 2.27. The number of rotatable bonds is 2. The fourth-order valence-electron chi connectivity index (χ4n) is 2.40. The van der Waals surface area contributed by atoms with Crippen LogP contribution in [0.25, 0.3) is 0 Å². The minimum atomic E-state index is -0.188. The zero-order valence-electron chi connectivity index (χ0n) is 8.12. The highest BCUT2D eigenvalue weighted by atomic mass is 19.1. The van der Waals surface area contributed by atoms with E-state index in [1.54, 1.807) is 0 Å². The van der Waals surface area contributed by atoms with Crippen molar-refractivity contribution in [1.82, 2.24) is 0 Å². The van der Waals surface area contributed by atoms with Crippen molar-refractivity contribution < 1.29 is 9.50 Å². The third kappa shape index (κ3) is 1.80. The summed E-state index contributed by atoms with van der Waals surface area (Å²) in [5.41, 5.74) is 1.17. The number of aliphatic hydroxyl groups is 1. The van der Waals surface area contributed by atoms with Crippen molar-refractivity contribution in [3.63, 3.8) is 0 Å². The first kappa shape index (κ1) is 9.66. The molecular weight excluding hydrogens is 179 g/mol. The van der Waals surface area contributed by atoms with Crippen molar-refractivity contribution in [1.29, 1.82) is 0 Å². The van der Waals surface area contributed by atoms with Gasteiger partial charge in [-0.1, -0.05) is 18.6 Å². The van der Waals surface area contributed by atoms with E-state index in [4.69, 9.17) is 0 Å². The molecule has 0 aromatic heterocycles. The highest BCUT2D eigenvalue weighted by Crippen LogP contribution is 2.39. The van der Waals surface area contributed by atoms with Gasteiger partial charge in [0.15, 0.2) is 0 Å². The van der Waals surface area contributed by atoms with E-state index >= 15 is 0 Å². The number of hydrogen-bond acceptors (Lipinski definition) is 1. The molecular formula is C12H15FO. The van der Waals surface area contributed by atoms with Gasteiger partial charge in [0, 0.05) is 6.61 Å². The number of hydrogen-bond donors (Lipinski definition) is 1. The van der Waals surface area contributed by atoms with Gasteiger partial charge in [0.2, 0.25) is 0 Å². The molecule has 1 aromatic carbocycles. The standard InChI is InChI=1S/C12H15FO/c13-11-6-4-9(5-7-11)12-3-1-2-10(12)8-14/h4-7,10,12,14H,1-3,8H2. The van der Waals surface area contributed by atoms with E-state index in [-0.39, 0.29) is 12.4 Å². The van der Waals surface area contributed by atoms with Crippen molar-refractivity contribution in [2.24, 2.45) is 5.92 Å². The van der Waals surface area contributed by atoms with Gasteiger partial charge in [0.25, 0.3) is 0 Å². The maximum absolute atomic E-state index is 12.7. The molecule has 1 aromatic rings. The van der Waals surface area contributed by atoms with Gasteiger partial charge < -0.3 is 5.11 Å². The molecule has 1 nitrogen and oxygen atoms in total. The van der Waals surface area contributed by atoms with E-state index in [1.807, 2.05) is 12.1 Å². The molecule has 2 unspecified atom stereocenters. The van der Waals surface area contributed by atoms with Gasteiger partial charge in [0.1, 0.15) is 5.82 Å². The summed E-state index contributed by atoms with van der Waals surface area (Å²) >= 11 is 0. The first-order valence-electron chi connectivity index (χ1n) is 5.17. The van der Waals surface area contributed by atoms with Gasteiger partial charge in [-0.05, 0) is 42.4 Å². The first-order chi connectivity index (χ1) is 6.81. The summed E-state index contributed by atoms with van der Waals surface area (Å²) in [6.45, 7) is 0.252. The Hall–Kier alpha value is -0.890. The molecule has 0 radical (unpaired) electrons. The molecule has 76 valence electrons. The average molecular weight is 194 g/mol. The molecule has 1 saturated carbocycles.